The molecule has 78 valence electrons. The highest BCUT2D eigenvalue weighted by Gasteiger charge is 2.14. The van der Waals surface area contributed by atoms with Gasteiger partial charge in [0.05, 0.1) is 15.6 Å². The molecule has 0 aromatic carbocycles. The van der Waals surface area contributed by atoms with Crippen LogP contribution in [0.1, 0.15) is 20.8 Å². The summed E-state index contributed by atoms with van der Waals surface area (Å²) in [4.78, 5) is 2.23. The third-order valence-corrected chi connectivity index (χ3v) is 2.07. The molecule has 4 heteroatoms. The summed E-state index contributed by atoms with van der Waals surface area (Å²) in [6, 6.07) is 0. The lowest BCUT2D eigenvalue weighted by Crippen LogP contribution is -2.47. The molecule has 0 fully saturated rings. The normalized spacial score (nSPS) is 13.2. The standard InChI is InChI=1S/C9H22N2OSi/c1-5-10-9(12-8(4)13)11(6-2)7-3/h9-10H,4-7H2,1-3,13H3. The van der Waals surface area contributed by atoms with E-state index in [2.05, 4.69) is 37.6 Å². The third kappa shape index (κ3) is 5.08. The fourth-order valence-corrected chi connectivity index (χ4v) is 1.39. The Morgan fingerprint density at radius 1 is 1.46 bits per heavy atom. The Labute approximate surface area is 84.6 Å². The summed E-state index contributed by atoms with van der Waals surface area (Å²) in [5.41, 5.74) is 0. The van der Waals surface area contributed by atoms with Crippen LogP contribution >= 0.6 is 0 Å². The predicted octanol–water partition coefficient (Wildman–Crippen LogP) is 0.0745. The second kappa shape index (κ2) is 7.12. The van der Waals surface area contributed by atoms with Gasteiger partial charge in [0.1, 0.15) is 0 Å². The summed E-state index contributed by atoms with van der Waals surface area (Å²) in [6.45, 7) is 13.0. The molecule has 0 heterocycles. The second-order valence-electron chi connectivity index (χ2n) is 2.95. The van der Waals surface area contributed by atoms with E-state index in [0.29, 0.717) is 0 Å². The fraction of sp³-hybridized carbons (Fsp3) is 0.778. The number of rotatable bonds is 7. The van der Waals surface area contributed by atoms with Gasteiger partial charge in [-0.3, -0.25) is 10.2 Å². The minimum atomic E-state index is 0.00463. The monoisotopic (exact) mass is 202 g/mol. The van der Waals surface area contributed by atoms with Crippen LogP contribution in [0.2, 0.25) is 0 Å². The molecule has 0 rings (SSSR count). The summed E-state index contributed by atoms with van der Waals surface area (Å²) >= 11 is 0. The molecule has 0 aliphatic rings. The SMILES string of the molecule is C=C([SiH3])OC(NCC)N(CC)CC. The largest absolute Gasteiger partial charge is 0.473 e. The zero-order valence-electron chi connectivity index (χ0n) is 9.26. The molecule has 0 radical (unpaired) electrons. The number of ether oxygens (including phenoxy) is 1. The van der Waals surface area contributed by atoms with E-state index in [-0.39, 0.29) is 6.35 Å². The van der Waals surface area contributed by atoms with Crippen molar-refractivity contribution in [3.05, 3.63) is 12.0 Å². The van der Waals surface area contributed by atoms with Crippen molar-refractivity contribution >= 4 is 10.2 Å². The van der Waals surface area contributed by atoms with Crippen LogP contribution in [0.15, 0.2) is 12.0 Å². The van der Waals surface area contributed by atoms with Gasteiger partial charge in [-0.2, -0.15) is 0 Å². The van der Waals surface area contributed by atoms with Gasteiger partial charge in [0.15, 0.2) is 0 Å². The first kappa shape index (κ1) is 12.7. The van der Waals surface area contributed by atoms with Crippen LogP contribution in [-0.4, -0.2) is 41.1 Å². The maximum Gasteiger partial charge on any atom is 0.208 e. The smallest absolute Gasteiger partial charge is 0.208 e. The van der Waals surface area contributed by atoms with Gasteiger partial charge < -0.3 is 4.74 Å². The number of hydrogen-bond donors (Lipinski definition) is 1. The van der Waals surface area contributed by atoms with Crippen molar-refractivity contribution in [3.8, 4) is 0 Å². The average Bonchev–Trinajstić information content (AvgIpc) is 2.05. The van der Waals surface area contributed by atoms with Crippen LogP contribution in [0.3, 0.4) is 0 Å². The fourth-order valence-electron chi connectivity index (χ4n) is 1.17. The summed E-state index contributed by atoms with van der Waals surface area (Å²) in [7, 11) is 0.892. The van der Waals surface area contributed by atoms with E-state index in [1.54, 1.807) is 0 Å². The van der Waals surface area contributed by atoms with Crippen molar-refractivity contribution in [2.45, 2.75) is 27.1 Å². The van der Waals surface area contributed by atoms with E-state index in [1.807, 2.05) is 0 Å². The maximum atomic E-state index is 5.62. The summed E-state index contributed by atoms with van der Waals surface area (Å²) in [6.07, 6.45) is 0.00463. The van der Waals surface area contributed by atoms with Gasteiger partial charge in [-0.25, -0.2) is 0 Å². The molecular formula is C9H22N2OSi. The van der Waals surface area contributed by atoms with Crippen LogP contribution < -0.4 is 5.32 Å². The van der Waals surface area contributed by atoms with E-state index < -0.39 is 0 Å². The third-order valence-electron chi connectivity index (χ3n) is 1.84. The highest BCUT2D eigenvalue weighted by Crippen LogP contribution is 2.01. The van der Waals surface area contributed by atoms with Crippen molar-refractivity contribution in [1.29, 1.82) is 0 Å². The number of nitrogens with zero attached hydrogens (tertiary/aromatic N) is 1. The van der Waals surface area contributed by atoms with Crippen LogP contribution in [0, 0.1) is 0 Å². The van der Waals surface area contributed by atoms with Gasteiger partial charge >= 0.3 is 0 Å². The Morgan fingerprint density at radius 3 is 2.31 bits per heavy atom. The van der Waals surface area contributed by atoms with Gasteiger partial charge in [-0.1, -0.05) is 27.4 Å². The molecule has 0 saturated heterocycles. The maximum absolute atomic E-state index is 5.62. The van der Waals surface area contributed by atoms with Gasteiger partial charge in [0.2, 0.25) is 6.35 Å². The molecule has 0 saturated carbocycles. The molecular weight excluding hydrogens is 180 g/mol. The number of nitrogens with one attached hydrogen (secondary N) is 1. The summed E-state index contributed by atoms with van der Waals surface area (Å²) in [5, 5.41) is 4.17. The van der Waals surface area contributed by atoms with E-state index in [0.717, 1.165) is 35.3 Å². The summed E-state index contributed by atoms with van der Waals surface area (Å²) in [5.74, 6) is 0. The lowest BCUT2D eigenvalue weighted by molar-refractivity contribution is -0.0313. The number of hydrogen-bond acceptors (Lipinski definition) is 3. The second-order valence-corrected chi connectivity index (χ2v) is 4.07. The molecule has 1 unspecified atom stereocenters. The first-order chi connectivity index (χ1) is 6.15. The topological polar surface area (TPSA) is 24.5 Å². The Kier molecular flexibility index (Phi) is 6.94. The van der Waals surface area contributed by atoms with Crippen molar-refractivity contribution in [2.75, 3.05) is 19.6 Å². The van der Waals surface area contributed by atoms with Crippen molar-refractivity contribution < 1.29 is 4.74 Å². The molecule has 0 amide bonds. The zero-order valence-corrected chi connectivity index (χ0v) is 11.3. The van der Waals surface area contributed by atoms with E-state index in [1.165, 1.54) is 0 Å². The van der Waals surface area contributed by atoms with Crippen molar-refractivity contribution in [2.24, 2.45) is 0 Å². The van der Waals surface area contributed by atoms with Gasteiger partial charge in [-0.05, 0) is 6.54 Å². The molecule has 1 N–H and O–H groups in total. The molecule has 0 spiro atoms. The van der Waals surface area contributed by atoms with Gasteiger partial charge in [0, 0.05) is 13.1 Å². The Hall–Kier alpha value is -0.323. The minimum Gasteiger partial charge on any atom is -0.473 e. The Bertz CT molecular complexity index is 149. The predicted molar refractivity (Wildman–Crippen MR) is 60.5 cm³/mol. The lowest BCUT2D eigenvalue weighted by Gasteiger charge is -2.30. The lowest BCUT2D eigenvalue weighted by atomic mass is 10.5. The van der Waals surface area contributed by atoms with Gasteiger partial charge in [0.25, 0.3) is 0 Å². The Morgan fingerprint density at radius 2 is 2.00 bits per heavy atom. The molecule has 0 bridgehead atoms. The van der Waals surface area contributed by atoms with Crippen LogP contribution in [-0.2, 0) is 4.74 Å². The molecule has 0 aliphatic heterocycles. The van der Waals surface area contributed by atoms with Crippen LogP contribution in [0.5, 0.6) is 0 Å². The Balaban J connectivity index is 4.11. The van der Waals surface area contributed by atoms with Crippen molar-refractivity contribution in [3.63, 3.8) is 0 Å². The summed E-state index contributed by atoms with van der Waals surface area (Å²) < 4.78 is 5.62. The molecule has 1 atom stereocenters. The van der Waals surface area contributed by atoms with E-state index in [4.69, 9.17) is 4.74 Å². The highest BCUT2D eigenvalue weighted by atomic mass is 28.1. The van der Waals surface area contributed by atoms with Crippen LogP contribution in [0.25, 0.3) is 0 Å². The van der Waals surface area contributed by atoms with E-state index in [9.17, 15) is 0 Å². The zero-order chi connectivity index (χ0) is 10.3. The van der Waals surface area contributed by atoms with Crippen molar-refractivity contribution in [1.82, 2.24) is 10.2 Å². The van der Waals surface area contributed by atoms with Gasteiger partial charge in [-0.15, -0.1) is 0 Å². The molecule has 0 aromatic rings. The van der Waals surface area contributed by atoms with E-state index >= 15 is 0 Å². The average molecular weight is 202 g/mol. The minimum absolute atomic E-state index is 0.00463. The van der Waals surface area contributed by atoms with Crippen LogP contribution in [0.4, 0.5) is 0 Å². The molecule has 0 aromatic heterocycles. The highest BCUT2D eigenvalue weighted by molar-refractivity contribution is 6.19. The first-order valence-electron chi connectivity index (χ1n) is 4.95. The molecule has 3 nitrogen and oxygen atoms in total. The first-order valence-corrected chi connectivity index (χ1v) is 5.95. The molecule has 0 aliphatic carbocycles. The quantitative estimate of drug-likeness (QED) is 0.359. The molecule has 13 heavy (non-hydrogen) atoms.